The molecule has 0 saturated carbocycles. The number of aryl methyl sites for hydroxylation is 1. The molecule has 3 aromatic carbocycles. The van der Waals surface area contributed by atoms with Crippen molar-refractivity contribution in [3.05, 3.63) is 88.4 Å². The number of carbonyl (C=O) groups excluding carboxylic acids is 2. The lowest BCUT2D eigenvalue weighted by molar-refractivity contribution is -0.126. The van der Waals surface area contributed by atoms with Crippen molar-refractivity contribution in [3.8, 4) is 17.2 Å². The van der Waals surface area contributed by atoms with Gasteiger partial charge in [0.15, 0.2) is 11.5 Å². The Balaban J connectivity index is 1.45. The lowest BCUT2D eigenvalue weighted by Crippen LogP contribution is -2.37. The molecule has 1 aliphatic rings. The van der Waals surface area contributed by atoms with Crippen LogP contribution in [0.1, 0.15) is 66.3 Å². The summed E-state index contributed by atoms with van der Waals surface area (Å²) < 4.78 is 45.8. The van der Waals surface area contributed by atoms with E-state index in [9.17, 15) is 18.0 Å². The first-order valence-corrected chi connectivity index (χ1v) is 15.9. The molecule has 2 N–H and O–H groups in total. The van der Waals surface area contributed by atoms with Crippen LogP contribution in [0.2, 0.25) is 0 Å². The molecular formula is C30H30N4O7S2. The molecule has 0 aliphatic carbocycles. The van der Waals surface area contributed by atoms with Crippen LogP contribution in [0.4, 0.5) is 5.13 Å². The Morgan fingerprint density at radius 1 is 1.00 bits per heavy atom. The van der Waals surface area contributed by atoms with E-state index in [1.807, 2.05) is 20.8 Å². The third-order valence-corrected chi connectivity index (χ3v) is 8.67. The molecule has 1 unspecified atom stereocenters. The molecule has 224 valence electrons. The maximum absolute atomic E-state index is 13.7. The van der Waals surface area contributed by atoms with Gasteiger partial charge in [-0.05, 0) is 65.9 Å². The van der Waals surface area contributed by atoms with Crippen molar-refractivity contribution in [1.29, 1.82) is 0 Å². The maximum atomic E-state index is 13.7. The number of fused-ring (bicyclic) bond motifs is 1. The number of ether oxygens (including phenoxy) is 3. The lowest BCUT2D eigenvalue weighted by Gasteiger charge is -2.22. The number of nitrogens with one attached hydrogen (secondary N) is 2. The monoisotopic (exact) mass is 622 g/mol. The topological polar surface area (TPSA) is 146 Å². The van der Waals surface area contributed by atoms with Crippen LogP contribution < -0.4 is 24.2 Å². The third kappa shape index (κ3) is 6.95. The Hall–Kier alpha value is -4.49. The Labute approximate surface area is 253 Å². The standard InChI is InChI=1S/C30H30N4O7S2/c1-4-5-20-14-22(28(35)32-30-33-31-16-42-30)9-12-24(20)41-27(21-8-13-25-26(15-21)40-17-39-25)29(36)34-43(37,38)23-10-6-19(7-11-23)18(2)3/h6-16,18,27H,4-5,17H2,1-3H3,(H,34,36)(H,32,33,35). The summed E-state index contributed by atoms with van der Waals surface area (Å²) in [5.41, 5.74) is 3.86. The summed E-state index contributed by atoms with van der Waals surface area (Å²) in [7, 11) is -4.22. The largest absolute Gasteiger partial charge is 0.475 e. The van der Waals surface area contributed by atoms with E-state index >= 15 is 0 Å². The molecule has 0 fully saturated rings. The normalized spacial score (nSPS) is 13.0. The molecule has 0 bridgehead atoms. The second-order valence-electron chi connectivity index (χ2n) is 10.1. The van der Waals surface area contributed by atoms with Crippen molar-refractivity contribution >= 4 is 38.3 Å². The van der Waals surface area contributed by atoms with Crippen LogP contribution in [0.15, 0.2) is 71.1 Å². The molecule has 43 heavy (non-hydrogen) atoms. The average Bonchev–Trinajstić information content (AvgIpc) is 3.68. The van der Waals surface area contributed by atoms with Crippen LogP contribution in [0.3, 0.4) is 0 Å². The number of benzene rings is 3. The minimum Gasteiger partial charge on any atom is -0.475 e. The highest BCUT2D eigenvalue weighted by Crippen LogP contribution is 2.36. The molecule has 11 nitrogen and oxygen atoms in total. The third-order valence-electron chi connectivity index (χ3n) is 6.70. The highest BCUT2D eigenvalue weighted by atomic mass is 32.2. The number of hydrogen-bond donors (Lipinski definition) is 2. The minimum absolute atomic E-state index is 0.0263. The molecule has 0 spiro atoms. The number of aromatic nitrogens is 2. The molecule has 2 amide bonds. The van der Waals surface area contributed by atoms with Crippen molar-refractivity contribution in [2.24, 2.45) is 0 Å². The fourth-order valence-corrected chi connectivity index (χ4v) is 5.87. The van der Waals surface area contributed by atoms with Crippen LogP contribution in [-0.4, -0.2) is 37.2 Å². The van der Waals surface area contributed by atoms with Gasteiger partial charge >= 0.3 is 0 Å². The van der Waals surface area contributed by atoms with Gasteiger partial charge in [0, 0.05) is 11.1 Å². The summed E-state index contributed by atoms with van der Waals surface area (Å²) in [6.07, 6.45) is -0.124. The van der Waals surface area contributed by atoms with Gasteiger partial charge in [0.1, 0.15) is 11.3 Å². The summed E-state index contributed by atoms with van der Waals surface area (Å²) in [5.74, 6) is 0.175. The lowest BCUT2D eigenvalue weighted by atomic mass is 10.0. The number of carbonyl (C=O) groups is 2. The Morgan fingerprint density at radius 3 is 2.44 bits per heavy atom. The predicted molar refractivity (Wildman–Crippen MR) is 160 cm³/mol. The minimum atomic E-state index is -4.22. The van der Waals surface area contributed by atoms with Crippen molar-refractivity contribution in [2.45, 2.75) is 50.5 Å². The maximum Gasteiger partial charge on any atom is 0.279 e. The van der Waals surface area contributed by atoms with Gasteiger partial charge < -0.3 is 14.2 Å². The van der Waals surface area contributed by atoms with E-state index in [0.717, 1.165) is 12.0 Å². The Morgan fingerprint density at radius 2 is 1.74 bits per heavy atom. The molecule has 1 aromatic heterocycles. The van der Waals surface area contributed by atoms with Crippen molar-refractivity contribution in [1.82, 2.24) is 14.9 Å². The van der Waals surface area contributed by atoms with Gasteiger partial charge in [-0.2, -0.15) is 0 Å². The predicted octanol–water partition coefficient (Wildman–Crippen LogP) is 5.22. The highest BCUT2D eigenvalue weighted by molar-refractivity contribution is 7.90. The highest BCUT2D eigenvalue weighted by Gasteiger charge is 2.30. The van der Waals surface area contributed by atoms with Crippen LogP contribution >= 0.6 is 11.3 Å². The van der Waals surface area contributed by atoms with Gasteiger partial charge in [-0.25, -0.2) is 13.1 Å². The summed E-state index contributed by atoms with van der Waals surface area (Å²) in [4.78, 5) is 26.4. The van der Waals surface area contributed by atoms with Crippen LogP contribution in [0.25, 0.3) is 0 Å². The van der Waals surface area contributed by atoms with E-state index < -0.39 is 22.0 Å². The van der Waals surface area contributed by atoms with Crippen LogP contribution in [-0.2, 0) is 21.2 Å². The number of hydrogen-bond acceptors (Lipinski definition) is 10. The molecular weight excluding hydrogens is 592 g/mol. The molecule has 5 rings (SSSR count). The van der Waals surface area contributed by atoms with Gasteiger partial charge in [-0.3, -0.25) is 14.9 Å². The fourth-order valence-electron chi connectivity index (χ4n) is 4.45. The van der Waals surface area contributed by atoms with E-state index in [-0.39, 0.29) is 23.5 Å². The zero-order chi connectivity index (χ0) is 30.6. The Kier molecular flexibility index (Phi) is 8.92. The number of anilines is 1. The summed E-state index contributed by atoms with van der Waals surface area (Å²) >= 11 is 1.19. The van der Waals surface area contributed by atoms with Gasteiger partial charge in [0.2, 0.25) is 18.0 Å². The van der Waals surface area contributed by atoms with E-state index in [0.29, 0.717) is 45.5 Å². The number of sulfonamides is 1. The molecule has 0 saturated heterocycles. The van der Waals surface area contributed by atoms with Gasteiger partial charge in [-0.1, -0.05) is 56.7 Å². The van der Waals surface area contributed by atoms with E-state index in [2.05, 4.69) is 20.2 Å². The van der Waals surface area contributed by atoms with Gasteiger partial charge in [0.05, 0.1) is 4.90 Å². The first-order chi connectivity index (χ1) is 20.6. The fraction of sp³-hybridized carbons (Fsp3) is 0.267. The van der Waals surface area contributed by atoms with Crippen molar-refractivity contribution in [3.63, 3.8) is 0 Å². The van der Waals surface area contributed by atoms with Gasteiger partial charge in [-0.15, -0.1) is 10.2 Å². The first-order valence-electron chi connectivity index (χ1n) is 13.6. The molecule has 2 heterocycles. The zero-order valence-electron chi connectivity index (χ0n) is 23.7. The van der Waals surface area contributed by atoms with E-state index in [1.165, 1.54) is 29.0 Å². The summed E-state index contributed by atoms with van der Waals surface area (Å²) in [6.45, 7) is 6.00. The Bertz CT molecular complexity index is 1720. The second-order valence-corrected chi connectivity index (χ2v) is 12.6. The van der Waals surface area contributed by atoms with E-state index in [1.54, 1.807) is 48.5 Å². The van der Waals surface area contributed by atoms with Crippen LogP contribution in [0.5, 0.6) is 17.2 Å². The number of amides is 2. The molecule has 1 aliphatic heterocycles. The SMILES string of the molecule is CCCc1cc(C(=O)Nc2nncs2)ccc1OC(C(=O)NS(=O)(=O)c1ccc(C(C)C)cc1)c1ccc2c(c1)OCO2. The quantitative estimate of drug-likeness (QED) is 0.230. The summed E-state index contributed by atoms with van der Waals surface area (Å²) in [5, 5.41) is 10.6. The molecule has 13 heteroatoms. The smallest absolute Gasteiger partial charge is 0.279 e. The number of rotatable bonds is 11. The average molecular weight is 623 g/mol. The second kappa shape index (κ2) is 12.8. The molecule has 0 radical (unpaired) electrons. The van der Waals surface area contributed by atoms with Crippen LogP contribution in [0, 0.1) is 0 Å². The van der Waals surface area contributed by atoms with E-state index in [4.69, 9.17) is 14.2 Å². The molecule has 1 atom stereocenters. The zero-order valence-corrected chi connectivity index (χ0v) is 25.3. The van der Waals surface area contributed by atoms with Gasteiger partial charge in [0.25, 0.3) is 21.8 Å². The first kappa shape index (κ1) is 30.0. The number of nitrogens with zero attached hydrogens (tertiary/aromatic N) is 2. The summed E-state index contributed by atoms with van der Waals surface area (Å²) in [6, 6.07) is 16.0. The van der Waals surface area contributed by atoms with Crippen molar-refractivity contribution < 1.29 is 32.2 Å². The molecule has 4 aromatic rings. The van der Waals surface area contributed by atoms with Crippen molar-refractivity contribution in [2.75, 3.05) is 12.1 Å².